The van der Waals surface area contributed by atoms with Gasteiger partial charge in [0.15, 0.2) is 0 Å². The number of methoxy groups -OCH3 is 1. The van der Waals surface area contributed by atoms with Crippen LogP contribution in [-0.2, 0) is 16.0 Å². The molecule has 5 nitrogen and oxygen atoms in total. The van der Waals surface area contributed by atoms with E-state index in [2.05, 4.69) is 11.9 Å². The van der Waals surface area contributed by atoms with E-state index >= 15 is 0 Å². The Morgan fingerprint density at radius 2 is 1.97 bits per heavy atom. The van der Waals surface area contributed by atoms with Gasteiger partial charge in [0.1, 0.15) is 11.5 Å². The van der Waals surface area contributed by atoms with Crippen LogP contribution in [0.3, 0.4) is 0 Å². The van der Waals surface area contributed by atoms with Gasteiger partial charge in [0.05, 0.1) is 25.2 Å². The van der Waals surface area contributed by atoms with Gasteiger partial charge in [-0.3, -0.25) is 4.79 Å². The lowest BCUT2D eigenvalue weighted by atomic mass is 10.1. The number of hydrogen-bond donors (Lipinski definition) is 0. The predicted molar refractivity (Wildman–Crippen MR) is 115 cm³/mol. The van der Waals surface area contributed by atoms with Crippen LogP contribution in [-0.4, -0.2) is 30.4 Å². The Morgan fingerprint density at radius 1 is 1.17 bits per heavy atom. The molecule has 0 spiro atoms. The maximum Gasteiger partial charge on any atom is 0.315 e. The second kappa shape index (κ2) is 10.2. The molecular formula is C23H25NO4S. The lowest BCUT2D eigenvalue weighted by Crippen LogP contribution is -2.05. The zero-order valence-corrected chi connectivity index (χ0v) is 17.7. The lowest BCUT2D eigenvalue weighted by molar-refractivity contribution is -0.137. The molecule has 3 rings (SSSR count). The Bertz CT molecular complexity index is 939. The molecule has 0 aliphatic carbocycles. The van der Waals surface area contributed by atoms with Gasteiger partial charge in [-0.05, 0) is 43.7 Å². The molecule has 0 N–H and O–H groups in total. The average molecular weight is 412 g/mol. The van der Waals surface area contributed by atoms with E-state index in [4.69, 9.17) is 13.9 Å². The lowest BCUT2D eigenvalue weighted by Gasteiger charge is -2.13. The van der Waals surface area contributed by atoms with Crippen molar-refractivity contribution < 1.29 is 18.7 Å². The molecule has 0 saturated heterocycles. The molecule has 0 aliphatic heterocycles. The van der Waals surface area contributed by atoms with Crippen molar-refractivity contribution >= 4 is 17.7 Å². The number of hydrogen-bond acceptors (Lipinski definition) is 6. The normalized spacial score (nSPS) is 11.8. The van der Waals surface area contributed by atoms with Gasteiger partial charge >= 0.3 is 5.97 Å². The van der Waals surface area contributed by atoms with Crippen molar-refractivity contribution in [1.82, 2.24) is 4.98 Å². The molecule has 1 heterocycles. The molecule has 0 bridgehead atoms. The van der Waals surface area contributed by atoms with Crippen LogP contribution < -0.4 is 4.74 Å². The number of carbonyl (C=O) groups excluding carboxylic acids is 1. The molecule has 1 aromatic heterocycles. The molecule has 29 heavy (non-hydrogen) atoms. The van der Waals surface area contributed by atoms with Crippen LogP contribution in [0.1, 0.15) is 29.2 Å². The Hall–Kier alpha value is -2.73. The van der Waals surface area contributed by atoms with Crippen LogP contribution in [0.15, 0.2) is 59.0 Å². The first kappa shape index (κ1) is 21.0. The summed E-state index contributed by atoms with van der Waals surface area (Å²) in [5.41, 5.74) is 2.98. The van der Waals surface area contributed by atoms with Crippen molar-refractivity contribution in [2.45, 2.75) is 25.5 Å². The summed E-state index contributed by atoms with van der Waals surface area (Å²) in [6, 6.07) is 17.8. The fourth-order valence-electron chi connectivity index (χ4n) is 2.84. The van der Waals surface area contributed by atoms with E-state index < -0.39 is 0 Å². The summed E-state index contributed by atoms with van der Waals surface area (Å²) in [6.07, 6.45) is 0.666. The van der Waals surface area contributed by atoms with Crippen LogP contribution in [0.5, 0.6) is 5.75 Å². The molecular weight excluding hydrogens is 386 g/mol. The first-order valence-corrected chi connectivity index (χ1v) is 10.5. The number of benzene rings is 2. The van der Waals surface area contributed by atoms with E-state index in [0.717, 1.165) is 28.3 Å². The number of esters is 1. The maximum atomic E-state index is 11.3. The van der Waals surface area contributed by atoms with Crippen LogP contribution in [0.2, 0.25) is 0 Å². The van der Waals surface area contributed by atoms with Crippen LogP contribution in [0.4, 0.5) is 0 Å². The predicted octanol–water partition coefficient (Wildman–Crippen LogP) is 5.24. The van der Waals surface area contributed by atoms with Crippen LogP contribution in [0, 0.1) is 6.92 Å². The zero-order valence-electron chi connectivity index (χ0n) is 16.9. The molecule has 1 unspecified atom stereocenters. The third kappa shape index (κ3) is 5.87. The van der Waals surface area contributed by atoms with Crippen molar-refractivity contribution in [2.75, 3.05) is 19.5 Å². The zero-order chi connectivity index (χ0) is 20.6. The van der Waals surface area contributed by atoms with Crippen molar-refractivity contribution in [3.8, 4) is 17.2 Å². The smallest absolute Gasteiger partial charge is 0.315 e. The Balaban J connectivity index is 1.56. The molecule has 0 fully saturated rings. The quantitative estimate of drug-likeness (QED) is 0.449. The summed E-state index contributed by atoms with van der Waals surface area (Å²) in [7, 11) is 1.40. The first-order valence-electron chi connectivity index (χ1n) is 9.49. The molecule has 2 aromatic carbocycles. The number of thioether (sulfide) groups is 1. The second-order valence-corrected chi connectivity index (χ2v) is 7.92. The van der Waals surface area contributed by atoms with Gasteiger partial charge in [0.25, 0.3) is 0 Å². The average Bonchev–Trinajstić information content (AvgIpc) is 3.13. The number of oxazole rings is 1. The minimum Gasteiger partial charge on any atom is -0.493 e. The Kier molecular flexibility index (Phi) is 7.36. The van der Waals surface area contributed by atoms with E-state index in [9.17, 15) is 4.79 Å². The SMILES string of the molecule is COC(=O)CSC(C)c1cccc(OCCc2nc(-c3ccccc3)oc2C)c1. The summed E-state index contributed by atoms with van der Waals surface area (Å²) < 4.78 is 16.4. The highest BCUT2D eigenvalue weighted by Gasteiger charge is 2.12. The summed E-state index contributed by atoms with van der Waals surface area (Å²) in [5, 5.41) is 0.170. The number of aryl methyl sites for hydroxylation is 1. The van der Waals surface area contributed by atoms with Crippen molar-refractivity contribution in [3.63, 3.8) is 0 Å². The molecule has 0 amide bonds. The van der Waals surface area contributed by atoms with Gasteiger partial charge in [-0.1, -0.05) is 30.3 Å². The second-order valence-electron chi connectivity index (χ2n) is 6.59. The summed E-state index contributed by atoms with van der Waals surface area (Å²) >= 11 is 1.54. The molecule has 6 heteroatoms. The molecule has 0 radical (unpaired) electrons. The standard InChI is InChI=1S/C23H25NO4S/c1-16-21(24-23(28-16)18-8-5-4-6-9-18)12-13-27-20-11-7-10-19(14-20)17(2)29-15-22(25)26-3/h4-11,14,17H,12-13,15H2,1-3H3. The Morgan fingerprint density at radius 3 is 2.72 bits per heavy atom. The molecule has 0 aliphatic rings. The van der Waals surface area contributed by atoms with E-state index in [1.165, 1.54) is 7.11 Å². The number of ether oxygens (including phenoxy) is 2. The van der Waals surface area contributed by atoms with E-state index in [1.54, 1.807) is 11.8 Å². The van der Waals surface area contributed by atoms with Crippen LogP contribution in [0.25, 0.3) is 11.5 Å². The van der Waals surface area contributed by atoms with E-state index in [0.29, 0.717) is 24.7 Å². The van der Waals surface area contributed by atoms with E-state index in [-0.39, 0.29) is 11.2 Å². The Labute approximate surface area is 175 Å². The van der Waals surface area contributed by atoms with Crippen molar-refractivity contribution in [1.29, 1.82) is 0 Å². The topological polar surface area (TPSA) is 61.6 Å². The van der Waals surface area contributed by atoms with Crippen LogP contribution >= 0.6 is 11.8 Å². The minimum absolute atomic E-state index is 0.170. The van der Waals surface area contributed by atoms with E-state index in [1.807, 2.05) is 61.5 Å². The summed E-state index contributed by atoms with van der Waals surface area (Å²) in [4.78, 5) is 15.9. The molecule has 152 valence electrons. The number of rotatable bonds is 9. The maximum absolute atomic E-state index is 11.3. The monoisotopic (exact) mass is 411 g/mol. The minimum atomic E-state index is -0.216. The highest BCUT2D eigenvalue weighted by molar-refractivity contribution is 8.00. The fourth-order valence-corrected chi connectivity index (χ4v) is 3.68. The molecule has 3 aromatic rings. The first-order chi connectivity index (χ1) is 14.1. The highest BCUT2D eigenvalue weighted by atomic mass is 32.2. The van der Waals surface area contributed by atoms with Gasteiger partial charge in [-0.2, -0.15) is 0 Å². The molecule has 1 atom stereocenters. The van der Waals surface area contributed by atoms with Gasteiger partial charge in [-0.15, -0.1) is 11.8 Å². The van der Waals surface area contributed by atoms with Crippen molar-refractivity contribution in [3.05, 3.63) is 71.6 Å². The summed E-state index contributed by atoms with van der Waals surface area (Å²) in [6.45, 7) is 4.50. The third-order valence-corrected chi connectivity index (χ3v) is 5.70. The number of aromatic nitrogens is 1. The largest absolute Gasteiger partial charge is 0.493 e. The number of nitrogens with zero attached hydrogens (tertiary/aromatic N) is 1. The van der Waals surface area contributed by atoms with Gasteiger partial charge in [0, 0.05) is 17.2 Å². The third-order valence-electron chi connectivity index (χ3n) is 4.53. The number of carbonyl (C=O) groups is 1. The fraction of sp³-hybridized carbons (Fsp3) is 0.304. The van der Waals surface area contributed by atoms with Crippen molar-refractivity contribution in [2.24, 2.45) is 0 Å². The van der Waals surface area contributed by atoms with Gasteiger partial charge < -0.3 is 13.9 Å². The van der Waals surface area contributed by atoms with Gasteiger partial charge in [-0.25, -0.2) is 4.98 Å². The highest BCUT2D eigenvalue weighted by Crippen LogP contribution is 2.30. The molecule has 0 saturated carbocycles. The summed E-state index contributed by atoms with van der Waals surface area (Å²) in [5.74, 6) is 2.37. The van der Waals surface area contributed by atoms with Gasteiger partial charge in [0.2, 0.25) is 5.89 Å².